The minimum Gasteiger partial charge on any atom is -0.466 e. The van der Waals surface area contributed by atoms with E-state index in [1.165, 1.54) is 148 Å². The summed E-state index contributed by atoms with van der Waals surface area (Å²) in [4.78, 5) is 27.5. The van der Waals surface area contributed by atoms with Gasteiger partial charge in [0.15, 0.2) is 0 Å². The number of carbonyl (C=O) groups excluding carboxylic acids is 2. The molecule has 0 aliphatic carbocycles. The first-order valence-electron chi connectivity index (χ1n) is 23.9. The van der Waals surface area contributed by atoms with Crippen LogP contribution in [0.1, 0.15) is 233 Å². The fourth-order valence-electron chi connectivity index (χ4n) is 7.31. The van der Waals surface area contributed by atoms with Crippen molar-refractivity contribution >= 4 is 11.9 Å². The minimum absolute atomic E-state index is 0.0211. The van der Waals surface area contributed by atoms with E-state index in [9.17, 15) is 9.59 Å². The van der Waals surface area contributed by atoms with E-state index in [0.29, 0.717) is 19.4 Å². The van der Waals surface area contributed by atoms with E-state index in [1.54, 1.807) is 0 Å². The Balaban J connectivity index is 4.37. The lowest BCUT2D eigenvalue weighted by Crippen LogP contribution is -2.31. The molecule has 0 bridgehead atoms. The normalized spacial score (nSPS) is 11.2. The predicted octanol–water partition coefficient (Wildman–Crippen LogP) is 13.1. The monoisotopic (exact) mass is 776 g/mol. The van der Waals surface area contributed by atoms with Crippen LogP contribution in [0, 0.1) is 0 Å². The second-order valence-corrected chi connectivity index (χ2v) is 16.2. The molecule has 2 N–H and O–H groups in total. The smallest absolute Gasteiger partial charge is 0.306 e. The van der Waals surface area contributed by atoms with Crippen molar-refractivity contribution in [3.05, 3.63) is 18.1 Å². The molecule has 7 nitrogen and oxygen atoms in total. The van der Waals surface area contributed by atoms with Gasteiger partial charge in [0.05, 0.1) is 6.61 Å². The van der Waals surface area contributed by atoms with Gasteiger partial charge in [-0.05, 0) is 83.8 Å². The molecule has 0 aromatic rings. The molecule has 0 radical (unpaired) electrons. The summed E-state index contributed by atoms with van der Waals surface area (Å²) in [6.45, 7) is 15.3. The van der Waals surface area contributed by atoms with E-state index in [2.05, 4.69) is 48.6 Å². The molecular weight excluding hydrogens is 683 g/mol. The number of rotatable bonds is 44. The summed E-state index contributed by atoms with van der Waals surface area (Å²) in [5.41, 5.74) is 2.91. The number of carbonyl (C=O) groups is 2. The maximum absolute atomic E-state index is 12.8. The van der Waals surface area contributed by atoms with Crippen LogP contribution in [0.15, 0.2) is 18.1 Å². The highest BCUT2D eigenvalue weighted by atomic mass is 16.5. The zero-order valence-electron chi connectivity index (χ0n) is 37.2. The summed E-state index contributed by atoms with van der Waals surface area (Å²) < 4.78 is 11.5. The standard InChI is InChI=1S/C48H93N3O4/c1-6-10-13-16-21-28-36-45(37-29-22-17-14-11-7-2)55-48(53)39-31-24-20-26-33-42-51(43-35-40-50-46(9-4)49-5)41-32-25-19-23-30-38-47(52)54-44-34-27-18-15-12-8-3/h45,49-50H,4,6-8,10-44H2,1-3,5H3. The Morgan fingerprint density at radius 2 is 0.964 bits per heavy atom. The quantitative estimate of drug-likeness (QED) is 0.0362. The minimum atomic E-state index is -0.0211. The third-order valence-electron chi connectivity index (χ3n) is 10.9. The van der Waals surface area contributed by atoms with Gasteiger partial charge in [-0.1, -0.05) is 168 Å². The first kappa shape index (κ1) is 53.0. The van der Waals surface area contributed by atoms with Gasteiger partial charge in [-0.15, -0.1) is 0 Å². The van der Waals surface area contributed by atoms with Gasteiger partial charge in [0, 0.05) is 26.4 Å². The average Bonchev–Trinajstić information content (AvgIpc) is 3.18. The molecule has 0 aromatic carbocycles. The molecule has 0 aromatic heterocycles. The molecule has 0 fully saturated rings. The molecule has 0 atom stereocenters. The van der Waals surface area contributed by atoms with Crippen LogP contribution in [0.4, 0.5) is 0 Å². The molecule has 0 amide bonds. The van der Waals surface area contributed by atoms with Gasteiger partial charge in [0.1, 0.15) is 11.9 Å². The summed E-state index contributed by atoms with van der Waals surface area (Å²) in [5.74, 6) is 0.859. The first-order valence-corrected chi connectivity index (χ1v) is 23.9. The second-order valence-electron chi connectivity index (χ2n) is 16.2. The molecule has 0 saturated carbocycles. The van der Waals surface area contributed by atoms with E-state index in [1.807, 2.05) is 7.05 Å². The SMILES string of the molecule is C=C=C(NC)NCCCN(CCCCCCCC(=O)OCCCCCCCC)CCCCCCCC(=O)OC(CCCCCCCC)CCCCCCCC. The van der Waals surface area contributed by atoms with E-state index >= 15 is 0 Å². The van der Waals surface area contributed by atoms with Crippen LogP contribution >= 0.6 is 0 Å². The van der Waals surface area contributed by atoms with E-state index < -0.39 is 0 Å². The number of hydrogen-bond acceptors (Lipinski definition) is 7. The third-order valence-corrected chi connectivity index (χ3v) is 10.9. The van der Waals surface area contributed by atoms with E-state index in [0.717, 1.165) is 83.4 Å². The Hall–Kier alpha value is -1.98. The topological polar surface area (TPSA) is 79.9 Å². The lowest BCUT2D eigenvalue weighted by Gasteiger charge is -2.22. The molecule has 0 saturated heterocycles. The summed E-state index contributed by atoms with van der Waals surface area (Å²) in [6.07, 6.45) is 38.4. The van der Waals surface area contributed by atoms with Crippen molar-refractivity contribution in [3.8, 4) is 0 Å². The van der Waals surface area contributed by atoms with Crippen LogP contribution in [0.3, 0.4) is 0 Å². The van der Waals surface area contributed by atoms with Crippen LogP contribution in [-0.2, 0) is 19.1 Å². The molecule has 7 heteroatoms. The molecule has 55 heavy (non-hydrogen) atoms. The summed E-state index contributed by atoms with van der Waals surface area (Å²) in [6, 6.07) is 0. The largest absolute Gasteiger partial charge is 0.466 e. The number of ether oxygens (including phenoxy) is 2. The molecule has 0 unspecified atom stereocenters. The Bertz CT molecular complexity index is 874. The van der Waals surface area contributed by atoms with Crippen molar-refractivity contribution in [1.29, 1.82) is 0 Å². The Labute approximate surface area is 342 Å². The fourth-order valence-corrected chi connectivity index (χ4v) is 7.31. The third kappa shape index (κ3) is 38.7. The van der Waals surface area contributed by atoms with Crippen molar-refractivity contribution in [3.63, 3.8) is 0 Å². The molecule has 324 valence electrons. The highest BCUT2D eigenvalue weighted by Crippen LogP contribution is 2.18. The highest BCUT2D eigenvalue weighted by Gasteiger charge is 2.14. The van der Waals surface area contributed by atoms with Gasteiger partial charge in [-0.2, -0.15) is 0 Å². The maximum atomic E-state index is 12.8. The van der Waals surface area contributed by atoms with Gasteiger partial charge < -0.3 is 25.0 Å². The van der Waals surface area contributed by atoms with Crippen molar-refractivity contribution < 1.29 is 19.1 Å². The number of hydrogen-bond donors (Lipinski definition) is 2. The van der Waals surface area contributed by atoms with Crippen LogP contribution in [0.5, 0.6) is 0 Å². The second kappa shape index (κ2) is 43.1. The van der Waals surface area contributed by atoms with E-state index in [-0.39, 0.29) is 18.0 Å². The van der Waals surface area contributed by atoms with Crippen LogP contribution < -0.4 is 10.6 Å². The maximum Gasteiger partial charge on any atom is 0.306 e. The predicted molar refractivity (Wildman–Crippen MR) is 236 cm³/mol. The molecule has 0 heterocycles. The first-order chi connectivity index (χ1) is 27.0. The summed E-state index contributed by atoms with van der Waals surface area (Å²) in [5, 5.41) is 6.47. The lowest BCUT2D eigenvalue weighted by atomic mass is 10.0. The van der Waals surface area contributed by atoms with Gasteiger partial charge in [0.25, 0.3) is 0 Å². The van der Waals surface area contributed by atoms with Crippen molar-refractivity contribution in [2.24, 2.45) is 0 Å². The molecule has 0 rings (SSSR count). The van der Waals surface area contributed by atoms with Crippen LogP contribution in [-0.4, -0.2) is 62.8 Å². The Morgan fingerprint density at radius 1 is 0.545 bits per heavy atom. The molecular formula is C48H93N3O4. The van der Waals surface area contributed by atoms with Crippen LogP contribution in [0.2, 0.25) is 0 Å². The zero-order valence-corrected chi connectivity index (χ0v) is 37.2. The molecule has 0 spiro atoms. The van der Waals surface area contributed by atoms with Gasteiger partial charge >= 0.3 is 11.9 Å². The summed E-state index contributed by atoms with van der Waals surface area (Å²) >= 11 is 0. The van der Waals surface area contributed by atoms with Gasteiger partial charge in [-0.25, -0.2) is 0 Å². The number of esters is 2. The Morgan fingerprint density at radius 3 is 1.45 bits per heavy atom. The van der Waals surface area contributed by atoms with Gasteiger partial charge in [0.2, 0.25) is 0 Å². The number of unbranched alkanes of at least 4 members (excludes halogenated alkanes) is 23. The Kier molecular flexibility index (Phi) is 41.6. The number of nitrogens with zero attached hydrogens (tertiary/aromatic N) is 1. The molecule has 0 aliphatic heterocycles. The average molecular weight is 776 g/mol. The zero-order chi connectivity index (χ0) is 40.3. The highest BCUT2D eigenvalue weighted by molar-refractivity contribution is 5.69. The van der Waals surface area contributed by atoms with Crippen LogP contribution in [0.25, 0.3) is 0 Å². The van der Waals surface area contributed by atoms with Crippen molar-refractivity contribution in [1.82, 2.24) is 15.5 Å². The van der Waals surface area contributed by atoms with Crippen molar-refractivity contribution in [2.75, 3.05) is 39.8 Å². The van der Waals surface area contributed by atoms with Gasteiger partial charge in [-0.3, -0.25) is 9.59 Å². The fraction of sp³-hybridized carbons (Fsp3) is 0.896. The van der Waals surface area contributed by atoms with Crippen molar-refractivity contribution in [2.45, 2.75) is 239 Å². The lowest BCUT2D eigenvalue weighted by molar-refractivity contribution is -0.150. The number of nitrogens with one attached hydrogen (secondary N) is 2. The molecule has 0 aliphatic rings. The van der Waals surface area contributed by atoms with E-state index in [4.69, 9.17) is 9.47 Å². The summed E-state index contributed by atoms with van der Waals surface area (Å²) in [7, 11) is 1.89.